The zero-order chi connectivity index (χ0) is 18.4. The second-order valence-electron chi connectivity index (χ2n) is 4.95. The molecular weight excluding hydrogens is 324 g/mol. The second-order valence-corrected chi connectivity index (χ2v) is 4.95. The van der Waals surface area contributed by atoms with Crippen LogP contribution in [0.3, 0.4) is 0 Å². The summed E-state index contributed by atoms with van der Waals surface area (Å²) in [5.74, 6) is -2.25. The number of rotatable bonds is 9. The maximum Gasteiger partial charge on any atom is 0.336 e. The Hall–Kier alpha value is -3.18. The van der Waals surface area contributed by atoms with Crippen molar-refractivity contribution in [2.75, 3.05) is 0 Å². The Bertz CT molecular complexity index is 692. The molecule has 1 rings (SSSR count). The molecule has 12 heteroatoms. The third-order valence-electron chi connectivity index (χ3n) is 3.13. The van der Waals surface area contributed by atoms with Crippen molar-refractivity contribution in [1.82, 2.24) is 13.7 Å². The van der Waals surface area contributed by atoms with E-state index in [1.54, 1.807) is 0 Å². The minimum atomic E-state index is -0.997. The first-order valence-electron chi connectivity index (χ1n) is 6.94. The van der Waals surface area contributed by atoms with Crippen LogP contribution in [0.5, 0.6) is 0 Å². The molecule has 0 aliphatic carbocycles. The Morgan fingerprint density at radius 1 is 0.583 bits per heavy atom. The maximum absolute atomic E-state index is 12.2. The first-order chi connectivity index (χ1) is 11.1. The highest BCUT2D eigenvalue weighted by Gasteiger charge is 2.16. The molecule has 0 aromatic carbocycles. The monoisotopic (exact) mass is 342 g/mol. The largest absolute Gasteiger partial charge is 0.370 e. The van der Waals surface area contributed by atoms with Crippen LogP contribution in [-0.2, 0) is 34.0 Å². The molecule has 0 aliphatic rings. The van der Waals surface area contributed by atoms with Gasteiger partial charge in [-0.15, -0.1) is 0 Å². The van der Waals surface area contributed by atoms with Gasteiger partial charge < -0.3 is 17.2 Å². The highest BCUT2D eigenvalue weighted by molar-refractivity contribution is 5.74. The summed E-state index contributed by atoms with van der Waals surface area (Å²) < 4.78 is 1.90. The topological polar surface area (TPSA) is 195 Å². The lowest BCUT2D eigenvalue weighted by molar-refractivity contribution is -0.119. The van der Waals surface area contributed by atoms with Gasteiger partial charge in [0, 0.05) is 38.9 Å². The van der Waals surface area contributed by atoms with Crippen LogP contribution < -0.4 is 34.3 Å². The number of nitrogens with two attached hydrogens (primary N) is 3. The number of nitrogens with zero attached hydrogens (tertiary/aromatic N) is 3. The summed E-state index contributed by atoms with van der Waals surface area (Å²) in [6.07, 6.45) is -0.920. The molecule has 0 bridgehead atoms. The van der Waals surface area contributed by atoms with E-state index in [-0.39, 0.29) is 38.9 Å². The van der Waals surface area contributed by atoms with Gasteiger partial charge in [0.1, 0.15) is 0 Å². The molecular formula is C12H18N6O6. The predicted molar refractivity (Wildman–Crippen MR) is 80.7 cm³/mol. The van der Waals surface area contributed by atoms with Crippen molar-refractivity contribution >= 4 is 17.7 Å². The van der Waals surface area contributed by atoms with Crippen LogP contribution in [0, 0.1) is 0 Å². The van der Waals surface area contributed by atoms with E-state index in [0.29, 0.717) is 13.7 Å². The lowest BCUT2D eigenvalue weighted by Gasteiger charge is -2.12. The molecule has 1 aromatic heterocycles. The minimum Gasteiger partial charge on any atom is -0.370 e. The molecule has 0 radical (unpaired) electrons. The van der Waals surface area contributed by atoms with E-state index in [2.05, 4.69) is 0 Å². The van der Waals surface area contributed by atoms with Gasteiger partial charge in [-0.2, -0.15) is 0 Å². The van der Waals surface area contributed by atoms with Crippen molar-refractivity contribution in [3.63, 3.8) is 0 Å². The standard InChI is InChI=1S/C12H18N6O6/c13-7(19)1-4-16-10(22)17(5-2-8(14)20)12(24)18(11(16)23)6-3-9(15)21/h1-6H2,(H2,13,19)(H2,14,20)(H2,15,21). The number of carbonyl (C=O) groups is 3. The van der Waals surface area contributed by atoms with E-state index < -0.39 is 34.8 Å². The SMILES string of the molecule is NC(=O)CCn1c(=O)n(CCC(N)=O)c(=O)n(CCC(N)=O)c1=O. The predicted octanol–water partition coefficient (Wildman–Crippen LogP) is -4.20. The Morgan fingerprint density at radius 2 is 0.792 bits per heavy atom. The van der Waals surface area contributed by atoms with E-state index in [0.717, 1.165) is 0 Å². The van der Waals surface area contributed by atoms with Gasteiger partial charge in [-0.25, -0.2) is 28.1 Å². The highest BCUT2D eigenvalue weighted by atomic mass is 16.2. The van der Waals surface area contributed by atoms with Crippen LogP contribution in [0.1, 0.15) is 19.3 Å². The van der Waals surface area contributed by atoms with Crippen molar-refractivity contribution in [2.24, 2.45) is 17.2 Å². The van der Waals surface area contributed by atoms with Crippen LogP contribution in [0.2, 0.25) is 0 Å². The van der Waals surface area contributed by atoms with Crippen molar-refractivity contribution in [1.29, 1.82) is 0 Å². The van der Waals surface area contributed by atoms with Gasteiger partial charge in [-0.05, 0) is 0 Å². The molecule has 1 heterocycles. The van der Waals surface area contributed by atoms with Gasteiger partial charge in [0.2, 0.25) is 17.7 Å². The number of hydrogen-bond acceptors (Lipinski definition) is 6. The lowest BCUT2D eigenvalue weighted by Crippen LogP contribution is -2.55. The van der Waals surface area contributed by atoms with E-state index in [1.165, 1.54) is 0 Å². The van der Waals surface area contributed by atoms with E-state index in [9.17, 15) is 28.8 Å². The average molecular weight is 342 g/mol. The van der Waals surface area contributed by atoms with E-state index >= 15 is 0 Å². The van der Waals surface area contributed by atoms with Gasteiger partial charge in [0.15, 0.2) is 0 Å². The summed E-state index contributed by atoms with van der Waals surface area (Å²) in [6, 6.07) is 0. The van der Waals surface area contributed by atoms with Crippen LogP contribution >= 0.6 is 0 Å². The van der Waals surface area contributed by atoms with Gasteiger partial charge in [0.05, 0.1) is 0 Å². The molecule has 0 saturated heterocycles. The molecule has 0 fully saturated rings. The Kier molecular flexibility index (Phi) is 6.21. The highest BCUT2D eigenvalue weighted by Crippen LogP contribution is 1.87. The maximum atomic E-state index is 12.2. The smallest absolute Gasteiger partial charge is 0.336 e. The molecule has 3 amide bonds. The summed E-state index contributed by atoms with van der Waals surface area (Å²) in [5.41, 5.74) is 12.0. The molecule has 0 saturated carbocycles. The fraction of sp³-hybridized carbons (Fsp3) is 0.500. The third kappa shape index (κ3) is 4.66. The third-order valence-corrected chi connectivity index (χ3v) is 3.13. The van der Waals surface area contributed by atoms with Crippen LogP contribution in [0.15, 0.2) is 14.4 Å². The molecule has 1 aromatic rings. The number of amides is 3. The number of hydrogen-bond donors (Lipinski definition) is 3. The van der Waals surface area contributed by atoms with Crippen molar-refractivity contribution in [3.8, 4) is 0 Å². The van der Waals surface area contributed by atoms with Gasteiger partial charge in [0.25, 0.3) is 0 Å². The Balaban J connectivity index is 3.45. The van der Waals surface area contributed by atoms with E-state index in [1.807, 2.05) is 0 Å². The number of primary amides is 3. The lowest BCUT2D eigenvalue weighted by atomic mass is 10.4. The number of carbonyl (C=O) groups excluding carboxylic acids is 3. The zero-order valence-electron chi connectivity index (χ0n) is 12.8. The van der Waals surface area contributed by atoms with Crippen LogP contribution in [0.4, 0.5) is 0 Å². The minimum absolute atomic E-state index is 0.307. The molecule has 0 atom stereocenters. The van der Waals surface area contributed by atoms with Gasteiger partial charge in [-0.1, -0.05) is 0 Å². The number of aromatic nitrogens is 3. The molecule has 12 nitrogen and oxygen atoms in total. The average Bonchev–Trinajstić information content (AvgIpc) is 2.45. The second kappa shape index (κ2) is 7.89. The van der Waals surface area contributed by atoms with Crippen molar-refractivity contribution in [3.05, 3.63) is 31.5 Å². The van der Waals surface area contributed by atoms with Crippen molar-refractivity contribution in [2.45, 2.75) is 38.9 Å². The summed E-state index contributed by atoms with van der Waals surface area (Å²) in [6.45, 7) is -1.04. The summed E-state index contributed by atoms with van der Waals surface area (Å²) in [5, 5.41) is 0. The first kappa shape index (κ1) is 18.9. The van der Waals surface area contributed by atoms with E-state index in [4.69, 9.17) is 17.2 Å². The molecule has 0 aliphatic heterocycles. The summed E-state index contributed by atoms with van der Waals surface area (Å²) in [4.78, 5) is 69.3. The molecule has 132 valence electrons. The van der Waals surface area contributed by atoms with Crippen molar-refractivity contribution < 1.29 is 14.4 Å². The zero-order valence-corrected chi connectivity index (χ0v) is 12.8. The van der Waals surface area contributed by atoms with Gasteiger partial charge >= 0.3 is 17.1 Å². The summed E-state index contributed by atoms with van der Waals surface area (Å²) >= 11 is 0. The fourth-order valence-electron chi connectivity index (χ4n) is 1.92. The van der Waals surface area contributed by atoms with Crippen LogP contribution in [-0.4, -0.2) is 31.4 Å². The quantitative estimate of drug-likeness (QED) is 0.406. The van der Waals surface area contributed by atoms with Crippen LogP contribution in [0.25, 0.3) is 0 Å². The molecule has 6 N–H and O–H groups in total. The molecule has 24 heavy (non-hydrogen) atoms. The Labute approximate surface area is 134 Å². The summed E-state index contributed by atoms with van der Waals surface area (Å²) in [7, 11) is 0. The fourth-order valence-corrected chi connectivity index (χ4v) is 1.92. The first-order valence-corrected chi connectivity index (χ1v) is 6.94. The normalized spacial score (nSPS) is 10.5. The van der Waals surface area contributed by atoms with Gasteiger partial charge in [-0.3, -0.25) is 14.4 Å². The molecule has 0 spiro atoms. The Morgan fingerprint density at radius 3 is 0.958 bits per heavy atom. The molecule has 0 unspecified atom stereocenters.